The van der Waals surface area contributed by atoms with E-state index in [0.29, 0.717) is 5.39 Å². The van der Waals surface area contributed by atoms with Gasteiger partial charge in [-0.25, -0.2) is 4.99 Å². The summed E-state index contributed by atoms with van der Waals surface area (Å²) >= 11 is 0. The number of ketones is 1. The predicted octanol–water partition coefficient (Wildman–Crippen LogP) is 3.01. The zero-order valence-corrected chi connectivity index (χ0v) is 12.8. The molecule has 0 bridgehead atoms. The first-order valence-corrected chi connectivity index (χ1v) is 7.28. The maximum absolute atomic E-state index is 12.5. The Kier molecular flexibility index (Phi) is 3.09. The molecule has 0 fully saturated rings. The molecule has 0 atom stereocenters. The van der Waals surface area contributed by atoms with Crippen LogP contribution >= 0.6 is 0 Å². The average Bonchev–Trinajstić information content (AvgIpc) is 3.11. The fraction of sp³-hybridized carbons (Fsp3) is 0. The fourth-order valence-corrected chi connectivity index (χ4v) is 2.84. The van der Waals surface area contributed by atoms with Crippen molar-refractivity contribution in [2.24, 2.45) is 4.99 Å². The lowest BCUT2D eigenvalue weighted by Crippen LogP contribution is -2.11. The Morgan fingerprint density at radius 1 is 1.00 bits per heavy atom. The minimum Gasteiger partial charge on any atom is -0.505 e. The minimum atomic E-state index is -0.599. The number of aromatic nitrogens is 1. The Morgan fingerprint density at radius 3 is 2.35 bits per heavy atom. The number of non-ortho nitro benzene ring substituents is 2. The number of nitrogens with one attached hydrogen (secondary N) is 1. The van der Waals surface area contributed by atoms with Crippen molar-refractivity contribution in [3.05, 3.63) is 67.9 Å². The van der Waals surface area contributed by atoms with Gasteiger partial charge in [-0.2, -0.15) is 0 Å². The van der Waals surface area contributed by atoms with Crippen LogP contribution in [0.5, 0.6) is 5.75 Å². The molecule has 0 spiro atoms. The Balaban J connectivity index is 1.86. The third kappa shape index (κ3) is 2.13. The van der Waals surface area contributed by atoms with E-state index in [9.17, 15) is 30.1 Å². The number of nitro groups is 2. The second-order valence-corrected chi connectivity index (χ2v) is 5.58. The van der Waals surface area contributed by atoms with Crippen molar-refractivity contribution in [2.45, 2.75) is 0 Å². The molecule has 0 saturated heterocycles. The number of H-pyrrole nitrogens is 1. The Hall–Kier alpha value is -4.08. The summed E-state index contributed by atoms with van der Waals surface area (Å²) in [6, 6.07) is 7.50. The largest absolute Gasteiger partial charge is 0.505 e. The van der Waals surface area contributed by atoms with E-state index in [2.05, 4.69) is 9.98 Å². The molecule has 0 amide bonds. The normalized spacial score (nSPS) is 12.9. The Morgan fingerprint density at radius 2 is 1.65 bits per heavy atom. The molecule has 128 valence electrons. The topological polar surface area (TPSA) is 152 Å². The first-order valence-electron chi connectivity index (χ1n) is 7.28. The molecule has 2 aromatic carbocycles. The van der Waals surface area contributed by atoms with Crippen molar-refractivity contribution >= 4 is 39.5 Å². The molecule has 0 saturated carbocycles. The lowest BCUT2D eigenvalue weighted by molar-refractivity contribution is -0.384. The van der Waals surface area contributed by atoms with Crippen LogP contribution in [0.25, 0.3) is 10.9 Å². The van der Waals surface area contributed by atoms with Crippen LogP contribution in [0.15, 0.2) is 41.4 Å². The number of rotatable bonds is 3. The molecule has 0 radical (unpaired) electrons. The van der Waals surface area contributed by atoms with Crippen LogP contribution in [0.3, 0.4) is 0 Å². The summed E-state index contributed by atoms with van der Waals surface area (Å²) in [4.78, 5) is 40.0. The van der Waals surface area contributed by atoms with Gasteiger partial charge in [-0.3, -0.25) is 25.0 Å². The molecule has 0 aliphatic carbocycles. The van der Waals surface area contributed by atoms with E-state index < -0.39 is 15.6 Å². The van der Waals surface area contributed by atoms with Crippen molar-refractivity contribution in [3.8, 4) is 5.75 Å². The third-order valence-electron chi connectivity index (χ3n) is 4.09. The molecule has 3 aromatic rings. The molecule has 1 aliphatic heterocycles. The number of nitrogens with zero attached hydrogens (tertiary/aromatic N) is 3. The van der Waals surface area contributed by atoms with Crippen molar-refractivity contribution in [3.63, 3.8) is 0 Å². The maximum Gasteiger partial charge on any atom is 0.271 e. The van der Waals surface area contributed by atoms with Gasteiger partial charge in [0.1, 0.15) is 11.4 Å². The van der Waals surface area contributed by atoms with Gasteiger partial charge in [0.05, 0.1) is 26.6 Å². The smallest absolute Gasteiger partial charge is 0.271 e. The Bertz CT molecular complexity index is 1180. The van der Waals surface area contributed by atoms with Gasteiger partial charge in [-0.15, -0.1) is 0 Å². The third-order valence-corrected chi connectivity index (χ3v) is 4.09. The summed E-state index contributed by atoms with van der Waals surface area (Å²) in [5.41, 5.74) is 0.0742. The molecule has 1 aromatic heterocycles. The highest BCUT2D eigenvalue weighted by atomic mass is 16.6. The number of benzene rings is 2. The van der Waals surface area contributed by atoms with Gasteiger partial charge in [0.15, 0.2) is 5.75 Å². The monoisotopic (exact) mass is 352 g/mol. The van der Waals surface area contributed by atoms with Crippen LogP contribution in [-0.2, 0) is 0 Å². The number of hydrogen-bond donors (Lipinski definition) is 2. The molecule has 2 N–H and O–H groups in total. The molecular formula is C16H8N4O6. The van der Waals surface area contributed by atoms with Crippen molar-refractivity contribution in [2.75, 3.05) is 0 Å². The molecule has 4 rings (SSSR count). The van der Waals surface area contributed by atoms with Crippen LogP contribution in [0.2, 0.25) is 0 Å². The molecule has 0 unspecified atom stereocenters. The van der Waals surface area contributed by atoms with Gasteiger partial charge < -0.3 is 10.1 Å². The van der Waals surface area contributed by atoms with E-state index in [1.54, 1.807) is 0 Å². The fourth-order valence-electron chi connectivity index (χ4n) is 2.84. The summed E-state index contributed by atoms with van der Waals surface area (Å²) in [5, 5.41) is 32.4. The molecule has 10 nitrogen and oxygen atoms in total. The molecule has 10 heteroatoms. The lowest BCUT2D eigenvalue weighted by atomic mass is 10.1. The van der Waals surface area contributed by atoms with Crippen LogP contribution in [0.4, 0.5) is 17.1 Å². The van der Waals surface area contributed by atoms with Gasteiger partial charge >= 0.3 is 0 Å². The lowest BCUT2D eigenvalue weighted by Gasteiger charge is -1.97. The van der Waals surface area contributed by atoms with Crippen LogP contribution in [-0.4, -0.2) is 31.4 Å². The van der Waals surface area contributed by atoms with E-state index in [1.165, 1.54) is 36.4 Å². The number of Topliss-reactive ketones (excluding diaryl/α,β-unsaturated/α-hetero) is 1. The number of carbonyl (C=O) groups is 1. The molecule has 1 aliphatic rings. The van der Waals surface area contributed by atoms with E-state index >= 15 is 0 Å². The maximum atomic E-state index is 12.5. The number of aliphatic imine (C=N–C) groups is 1. The van der Waals surface area contributed by atoms with Gasteiger partial charge in [-0.1, -0.05) is 0 Å². The predicted molar refractivity (Wildman–Crippen MR) is 90.2 cm³/mol. The second-order valence-electron chi connectivity index (χ2n) is 5.58. The highest BCUT2D eigenvalue weighted by Crippen LogP contribution is 2.37. The van der Waals surface area contributed by atoms with Crippen molar-refractivity contribution in [1.82, 2.24) is 4.98 Å². The minimum absolute atomic E-state index is 0.00403. The Labute approximate surface area is 143 Å². The summed E-state index contributed by atoms with van der Waals surface area (Å²) in [6.07, 6.45) is 0. The first-order chi connectivity index (χ1) is 12.4. The zero-order chi connectivity index (χ0) is 18.6. The van der Waals surface area contributed by atoms with Crippen LogP contribution in [0, 0.1) is 20.2 Å². The number of hydrogen-bond acceptors (Lipinski definition) is 7. The average molecular weight is 352 g/mol. The van der Waals surface area contributed by atoms with E-state index in [-0.39, 0.29) is 45.3 Å². The second kappa shape index (κ2) is 5.21. The quantitative estimate of drug-likeness (QED) is 0.546. The van der Waals surface area contributed by atoms with E-state index in [0.717, 1.165) is 0 Å². The standard InChI is InChI=1S/C16H8N4O6/c21-15-9-3-1-7(19(23)24)5-11(9)17-13(15)14-16(22)10-4-2-8(20(25)26)6-12(10)18-14/h1-6,17,21H. The molecule has 26 heavy (non-hydrogen) atoms. The number of fused-ring (bicyclic) bond motifs is 2. The zero-order valence-electron chi connectivity index (χ0n) is 12.8. The van der Waals surface area contributed by atoms with Gasteiger partial charge in [-0.05, 0) is 12.1 Å². The van der Waals surface area contributed by atoms with Gasteiger partial charge in [0.25, 0.3) is 11.4 Å². The molecule has 2 heterocycles. The van der Waals surface area contributed by atoms with Crippen LogP contribution < -0.4 is 0 Å². The van der Waals surface area contributed by atoms with Crippen molar-refractivity contribution in [1.29, 1.82) is 0 Å². The van der Waals surface area contributed by atoms with Gasteiger partial charge in [0, 0.05) is 29.7 Å². The molecular weight excluding hydrogens is 344 g/mol. The van der Waals surface area contributed by atoms with Crippen LogP contribution in [0.1, 0.15) is 16.1 Å². The number of aromatic amines is 1. The summed E-state index contributed by atoms with van der Waals surface area (Å²) in [7, 11) is 0. The highest BCUT2D eigenvalue weighted by Gasteiger charge is 2.31. The van der Waals surface area contributed by atoms with Gasteiger partial charge in [0.2, 0.25) is 5.78 Å². The number of aromatic hydroxyl groups is 1. The number of nitro benzene ring substituents is 2. The van der Waals surface area contributed by atoms with E-state index in [4.69, 9.17) is 0 Å². The summed E-state index contributed by atoms with van der Waals surface area (Å²) < 4.78 is 0. The summed E-state index contributed by atoms with van der Waals surface area (Å²) in [6.45, 7) is 0. The highest BCUT2D eigenvalue weighted by molar-refractivity contribution is 6.55. The van der Waals surface area contributed by atoms with Crippen molar-refractivity contribution < 1.29 is 19.7 Å². The SMILES string of the molecule is O=C1C(c2[nH]c3cc([N+](=O)[O-])ccc3c2O)=Nc2cc([N+](=O)[O-])ccc21. The first kappa shape index (κ1) is 15.4. The summed E-state index contributed by atoms with van der Waals surface area (Å²) in [5.74, 6) is -0.782. The number of carbonyl (C=O) groups excluding carboxylic acids is 1. The van der Waals surface area contributed by atoms with E-state index in [1.807, 2.05) is 0 Å².